The zero-order valence-corrected chi connectivity index (χ0v) is 10.7. The maximum Gasteiger partial charge on any atom is 0.282 e. The van der Waals surface area contributed by atoms with Gasteiger partial charge in [0.2, 0.25) is 0 Å². The highest BCUT2D eigenvalue weighted by atomic mass is 16.6. The Kier molecular flexibility index (Phi) is 3.69. The van der Waals surface area contributed by atoms with Gasteiger partial charge in [-0.1, -0.05) is 12.8 Å². The monoisotopic (exact) mass is 264 g/mol. The zero-order chi connectivity index (χ0) is 14.0. The van der Waals surface area contributed by atoms with Crippen LogP contribution in [0.1, 0.15) is 36.0 Å². The second-order valence-corrected chi connectivity index (χ2v) is 4.81. The van der Waals surface area contributed by atoms with Crippen LogP contribution in [-0.2, 0) is 0 Å². The lowest BCUT2D eigenvalue weighted by Gasteiger charge is -2.24. The molecule has 1 N–H and O–H groups in total. The number of carbonyl (C=O) groups is 1. The number of nitro benzene ring substituents is 1. The van der Waals surface area contributed by atoms with E-state index < -0.39 is 10.8 Å². The van der Waals surface area contributed by atoms with Crippen LogP contribution in [0.2, 0.25) is 0 Å². The van der Waals surface area contributed by atoms with E-state index in [2.05, 4.69) is 0 Å². The number of aromatic hydroxyl groups is 1. The first kappa shape index (κ1) is 13.3. The van der Waals surface area contributed by atoms with Crippen LogP contribution in [-0.4, -0.2) is 33.9 Å². The Hall–Kier alpha value is -2.11. The van der Waals surface area contributed by atoms with Crippen LogP contribution in [0.15, 0.2) is 18.2 Å². The normalized spacial score (nSPS) is 15.4. The van der Waals surface area contributed by atoms with E-state index in [1.807, 2.05) is 0 Å². The average Bonchev–Trinajstić information content (AvgIpc) is 2.90. The largest absolute Gasteiger partial charge is 0.508 e. The van der Waals surface area contributed by atoms with Crippen molar-refractivity contribution in [2.24, 2.45) is 0 Å². The van der Waals surface area contributed by atoms with Gasteiger partial charge in [0.25, 0.3) is 11.6 Å². The summed E-state index contributed by atoms with van der Waals surface area (Å²) in [6, 6.07) is 3.66. The van der Waals surface area contributed by atoms with Crippen LogP contribution >= 0.6 is 0 Å². The maximum absolute atomic E-state index is 12.3. The minimum absolute atomic E-state index is 0.0561. The third-order valence-corrected chi connectivity index (χ3v) is 3.60. The van der Waals surface area contributed by atoms with E-state index in [-0.39, 0.29) is 23.0 Å². The van der Waals surface area contributed by atoms with Gasteiger partial charge in [-0.25, -0.2) is 0 Å². The first-order chi connectivity index (χ1) is 9.00. The summed E-state index contributed by atoms with van der Waals surface area (Å²) in [4.78, 5) is 24.2. The molecule has 0 saturated heterocycles. The van der Waals surface area contributed by atoms with Gasteiger partial charge in [-0.3, -0.25) is 14.9 Å². The highest BCUT2D eigenvalue weighted by molar-refractivity contribution is 5.98. The predicted molar refractivity (Wildman–Crippen MR) is 69.1 cm³/mol. The molecule has 0 bridgehead atoms. The molecule has 0 heterocycles. The summed E-state index contributed by atoms with van der Waals surface area (Å²) in [6.07, 6.45) is 4.00. The fourth-order valence-corrected chi connectivity index (χ4v) is 2.50. The first-order valence-corrected chi connectivity index (χ1v) is 6.25. The molecule has 1 saturated carbocycles. The lowest BCUT2D eigenvalue weighted by atomic mass is 10.1. The van der Waals surface area contributed by atoms with Gasteiger partial charge >= 0.3 is 0 Å². The molecule has 2 rings (SSSR count). The molecule has 1 aliphatic carbocycles. The molecule has 0 aromatic heterocycles. The van der Waals surface area contributed by atoms with Crippen LogP contribution in [0, 0.1) is 10.1 Å². The van der Waals surface area contributed by atoms with E-state index in [1.165, 1.54) is 6.07 Å². The highest BCUT2D eigenvalue weighted by Crippen LogP contribution is 2.28. The van der Waals surface area contributed by atoms with Gasteiger partial charge in [0, 0.05) is 19.2 Å². The molecule has 6 heteroatoms. The van der Waals surface area contributed by atoms with Crippen molar-refractivity contribution < 1.29 is 14.8 Å². The SMILES string of the molecule is CN(C(=O)c1cc(O)ccc1[N+](=O)[O-])C1CCCC1. The van der Waals surface area contributed by atoms with E-state index in [0.29, 0.717) is 0 Å². The van der Waals surface area contributed by atoms with Crippen molar-refractivity contribution in [2.75, 3.05) is 7.05 Å². The Labute approximate surface area is 110 Å². The molecule has 0 atom stereocenters. The Morgan fingerprint density at radius 2 is 2.05 bits per heavy atom. The van der Waals surface area contributed by atoms with Crippen LogP contribution < -0.4 is 0 Å². The maximum atomic E-state index is 12.3. The summed E-state index contributed by atoms with van der Waals surface area (Å²) in [6.45, 7) is 0. The summed E-state index contributed by atoms with van der Waals surface area (Å²) in [5.41, 5.74) is -0.327. The summed E-state index contributed by atoms with van der Waals surface area (Å²) < 4.78 is 0. The predicted octanol–water partition coefficient (Wildman–Crippen LogP) is 2.32. The molecule has 19 heavy (non-hydrogen) atoms. The van der Waals surface area contributed by atoms with Crippen LogP contribution in [0.4, 0.5) is 5.69 Å². The topological polar surface area (TPSA) is 83.7 Å². The number of hydrogen-bond acceptors (Lipinski definition) is 4. The molecule has 0 unspecified atom stereocenters. The third-order valence-electron chi connectivity index (χ3n) is 3.60. The molecule has 0 radical (unpaired) electrons. The smallest absolute Gasteiger partial charge is 0.282 e. The van der Waals surface area contributed by atoms with Crippen molar-refractivity contribution >= 4 is 11.6 Å². The van der Waals surface area contributed by atoms with Crippen LogP contribution in [0.25, 0.3) is 0 Å². The van der Waals surface area contributed by atoms with Gasteiger partial charge in [-0.15, -0.1) is 0 Å². The van der Waals surface area contributed by atoms with Crippen LogP contribution in [0.5, 0.6) is 5.75 Å². The molecule has 6 nitrogen and oxygen atoms in total. The van der Waals surface area contributed by atoms with Gasteiger partial charge < -0.3 is 10.0 Å². The summed E-state index contributed by atoms with van der Waals surface area (Å²) in [5.74, 6) is -0.553. The van der Waals surface area contributed by atoms with E-state index >= 15 is 0 Å². The van der Waals surface area contributed by atoms with Gasteiger partial charge in [0.05, 0.1) is 4.92 Å². The lowest BCUT2D eigenvalue weighted by molar-refractivity contribution is -0.385. The van der Waals surface area contributed by atoms with Crippen molar-refractivity contribution in [3.05, 3.63) is 33.9 Å². The van der Waals surface area contributed by atoms with Gasteiger partial charge in [0.15, 0.2) is 0 Å². The molecule has 0 spiro atoms. The lowest BCUT2D eigenvalue weighted by Crippen LogP contribution is -2.35. The summed E-state index contributed by atoms with van der Waals surface area (Å²) in [7, 11) is 1.66. The molecule has 1 fully saturated rings. The average molecular weight is 264 g/mol. The molecular formula is C13H16N2O4. The minimum atomic E-state index is -0.602. The summed E-state index contributed by atoms with van der Waals surface area (Å²) in [5, 5.41) is 20.4. The number of hydrogen-bond donors (Lipinski definition) is 1. The quantitative estimate of drug-likeness (QED) is 0.670. The molecule has 1 aliphatic rings. The van der Waals surface area contributed by atoms with Crippen molar-refractivity contribution in [3.63, 3.8) is 0 Å². The van der Waals surface area contributed by atoms with Gasteiger partial charge in [-0.05, 0) is 25.0 Å². The number of nitro groups is 1. The van der Waals surface area contributed by atoms with E-state index in [9.17, 15) is 20.0 Å². The molecule has 1 aromatic carbocycles. The van der Waals surface area contributed by atoms with E-state index in [1.54, 1.807) is 11.9 Å². The molecule has 102 valence electrons. The standard InChI is InChI=1S/C13H16N2O4/c1-14(9-4-2-3-5-9)13(17)11-8-10(16)6-7-12(11)15(18)19/h6-9,16H,2-5H2,1H3. The number of carbonyl (C=O) groups excluding carboxylic acids is 1. The van der Waals surface area contributed by atoms with E-state index in [4.69, 9.17) is 0 Å². The van der Waals surface area contributed by atoms with E-state index in [0.717, 1.165) is 37.8 Å². The second kappa shape index (κ2) is 5.26. The third kappa shape index (κ3) is 2.67. The van der Waals surface area contributed by atoms with Gasteiger partial charge in [-0.2, -0.15) is 0 Å². The Morgan fingerprint density at radius 1 is 1.42 bits per heavy atom. The fraction of sp³-hybridized carbons (Fsp3) is 0.462. The Balaban J connectivity index is 2.31. The van der Waals surface area contributed by atoms with Crippen molar-refractivity contribution in [1.82, 2.24) is 4.90 Å². The van der Waals surface area contributed by atoms with Crippen LogP contribution in [0.3, 0.4) is 0 Å². The number of nitrogens with zero attached hydrogens (tertiary/aromatic N) is 2. The molecule has 1 aromatic rings. The highest BCUT2D eigenvalue weighted by Gasteiger charge is 2.28. The van der Waals surface area contributed by atoms with Gasteiger partial charge in [0.1, 0.15) is 11.3 Å². The fourth-order valence-electron chi connectivity index (χ4n) is 2.50. The number of benzene rings is 1. The number of rotatable bonds is 3. The summed E-state index contributed by atoms with van der Waals surface area (Å²) >= 11 is 0. The Bertz CT molecular complexity index is 509. The number of phenols is 1. The Morgan fingerprint density at radius 3 is 2.63 bits per heavy atom. The van der Waals surface area contributed by atoms with Crippen molar-refractivity contribution in [1.29, 1.82) is 0 Å². The van der Waals surface area contributed by atoms with Crippen molar-refractivity contribution in [2.45, 2.75) is 31.7 Å². The second-order valence-electron chi connectivity index (χ2n) is 4.81. The number of phenolic OH excluding ortho intramolecular Hbond substituents is 1. The minimum Gasteiger partial charge on any atom is -0.508 e. The zero-order valence-electron chi connectivity index (χ0n) is 10.7. The van der Waals surface area contributed by atoms with Crippen molar-refractivity contribution in [3.8, 4) is 5.75 Å². The first-order valence-electron chi connectivity index (χ1n) is 6.25. The molecule has 1 amide bonds. The number of amides is 1. The molecular weight excluding hydrogens is 248 g/mol. The molecule has 0 aliphatic heterocycles.